The summed E-state index contributed by atoms with van der Waals surface area (Å²) in [6.45, 7) is 2.80. The van der Waals surface area contributed by atoms with E-state index in [0.717, 1.165) is 22.3 Å². The van der Waals surface area contributed by atoms with E-state index in [1.165, 1.54) is 6.07 Å². The van der Waals surface area contributed by atoms with Crippen molar-refractivity contribution in [1.82, 2.24) is 5.32 Å². The van der Waals surface area contributed by atoms with Gasteiger partial charge in [0.1, 0.15) is 11.6 Å². The normalized spacial score (nSPS) is 12.2. The Hall–Kier alpha value is -1.39. The molecule has 0 aliphatic carbocycles. The molecule has 2 aromatic rings. The van der Waals surface area contributed by atoms with E-state index in [1.54, 1.807) is 13.2 Å². The van der Waals surface area contributed by atoms with Crippen molar-refractivity contribution in [3.05, 3.63) is 63.9 Å². The molecule has 4 heteroatoms. The molecule has 0 spiro atoms. The van der Waals surface area contributed by atoms with E-state index < -0.39 is 0 Å². The second-order valence-electron chi connectivity index (χ2n) is 4.79. The van der Waals surface area contributed by atoms with Gasteiger partial charge in [0.05, 0.1) is 7.11 Å². The average Bonchev–Trinajstić information content (AvgIpc) is 2.49. The van der Waals surface area contributed by atoms with Gasteiger partial charge in [0.2, 0.25) is 0 Å². The summed E-state index contributed by atoms with van der Waals surface area (Å²) in [6, 6.07) is 12.7. The monoisotopic (exact) mass is 351 g/mol. The minimum atomic E-state index is -0.178. The number of likely N-dealkylation sites (N-methyl/N-ethyl adjacent to an activating group) is 1. The van der Waals surface area contributed by atoms with Crippen LogP contribution in [0.15, 0.2) is 46.9 Å². The minimum Gasteiger partial charge on any atom is -0.497 e. The summed E-state index contributed by atoms with van der Waals surface area (Å²) in [7, 11) is 1.64. The number of halogens is 2. The summed E-state index contributed by atoms with van der Waals surface area (Å²) in [5, 5.41) is 3.35. The average molecular weight is 352 g/mol. The van der Waals surface area contributed by atoms with Crippen LogP contribution >= 0.6 is 15.9 Å². The van der Waals surface area contributed by atoms with Crippen LogP contribution in [0.5, 0.6) is 5.75 Å². The summed E-state index contributed by atoms with van der Waals surface area (Å²) in [6.07, 6.45) is 0.687. The highest BCUT2D eigenvalue weighted by Gasteiger charge is 2.16. The molecule has 2 nitrogen and oxygen atoms in total. The standard InChI is InChI=1S/C17H19BrFNO/c1-3-20-17(14-6-4-5-7-16(14)19)11-12-10-13(21-2)8-9-15(12)18/h4-10,17,20H,3,11H2,1-2H3. The Morgan fingerprint density at radius 2 is 2.00 bits per heavy atom. The van der Waals surface area contributed by atoms with Crippen molar-refractivity contribution < 1.29 is 9.13 Å². The third-order valence-corrected chi connectivity index (χ3v) is 4.18. The molecule has 0 saturated heterocycles. The zero-order valence-electron chi connectivity index (χ0n) is 12.2. The first-order valence-electron chi connectivity index (χ1n) is 6.96. The largest absolute Gasteiger partial charge is 0.497 e. The molecule has 21 heavy (non-hydrogen) atoms. The number of methoxy groups -OCH3 is 1. The lowest BCUT2D eigenvalue weighted by Crippen LogP contribution is -2.24. The highest BCUT2D eigenvalue weighted by molar-refractivity contribution is 9.10. The van der Waals surface area contributed by atoms with Crippen molar-refractivity contribution in [3.63, 3.8) is 0 Å². The maximum absolute atomic E-state index is 14.0. The first-order chi connectivity index (χ1) is 10.2. The van der Waals surface area contributed by atoms with Gasteiger partial charge in [0, 0.05) is 16.1 Å². The quantitative estimate of drug-likeness (QED) is 0.827. The van der Waals surface area contributed by atoms with Crippen LogP contribution in [0.4, 0.5) is 4.39 Å². The van der Waals surface area contributed by atoms with Gasteiger partial charge < -0.3 is 10.1 Å². The van der Waals surface area contributed by atoms with E-state index in [2.05, 4.69) is 21.2 Å². The van der Waals surface area contributed by atoms with Crippen molar-refractivity contribution in [2.75, 3.05) is 13.7 Å². The van der Waals surface area contributed by atoms with Crippen LogP contribution < -0.4 is 10.1 Å². The lowest BCUT2D eigenvalue weighted by molar-refractivity contribution is 0.413. The molecular formula is C17H19BrFNO. The van der Waals surface area contributed by atoms with Crippen LogP contribution in [-0.4, -0.2) is 13.7 Å². The molecule has 0 saturated carbocycles. The fourth-order valence-electron chi connectivity index (χ4n) is 2.35. The lowest BCUT2D eigenvalue weighted by Gasteiger charge is -2.20. The maximum Gasteiger partial charge on any atom is 0.127 e. The van der Waals surface area contributed by atoms with Gasteiger partial charge in [-0.1, -0.05) is 41.1 Å². The van der Waals surface area contributed by atoms with E-state index in [4.69, 9.17) is 4.74 Å². The Labute approximate surface area is 133 Å². The summed E-state index contributed by atoms with van der Waals surface area (Å²) >= 11 is 3.55. The molecule has 1 N–H and O–H groups in total. The fourth-order valence-corrected chi connectivity index (χ4v) is 2.76. The van der Waals surface area contributed by atoms with E-state index in [0.29, 0.717) is 12.0 Å². The predicted molar refractivity (Wildman–Crippen MR) is 87.2 cm³/mol. The van der Waals surface area contributed by atoms with Gasteiger partial charge in [-0.05, 0) is 42.8 Å². The number of benzene rings is 2. The summed E-state index contributed by atoms with van der Waals surface area (Å²) in [5.74, 6) is 0.624. The van der Waals surface area contributed by atoms with Gasteiger partial charge in [0.25, 0.3) is 0 Å². The predicted octanol–water partition coefficient (Wildman–Crippen LogP) is 4.49. The second kappa shape index (κ2) is 7.57. The van der Waals surface area contributed by atoms with Crippen molar-refractivity contribution in [3.8, 4) is 5.75 Å². The summed E-state index contributed by atoms with van der Waals surface area (Å²) < 4.78 is 20.3. The van der Waals surface area contributed by atoms with Gasteiger partial charge in [-0.3, -0.25) is 0 Å². The molecule has 0 aromatic heterocycles. The van der Waals surface area contributed by atoms with Gasteiger partial charge in [-0.25, -0.2) is 4.39 Å². The fraction of sp³-hybridized carbons (Fsp3) is 0.294. The van der Waals surface area contributed by atoms with E-state index >= 15 is 0 Å². The lowest BCUT2D eigenvalue weighted by atomic mass is 9.98. The smallest absolute Gasteiger partial charge is 0.127 e. The second-order valence-corrected chi connectivity index (χ2v) is 5.65. The molecule has 0 heterocycles. The molecule has 0 fully saturated rings. The third-order valence-electron chi connectivity index (χ3n) is 3.41. The molecule has 0 aliphatic rings. The van der Waals surface area contributed by atoms with Crippen LogP contribution in [0.3, 0.4) is 0 Å². The van der Waals surface area contributed by atoms with E-state index in [9.17, 15) is 4.39 Å². The third kappa shape index (κ3) is 4.05. The molecule has 2 rings (SSSR count). The molecule has 1 atom stereocenters. The molecular weight excluding hydrogens is 333 g/mol. The Balaban J connectivity index is 2.30. The Kier molecular flexibility index (Phi) is 5.76. The highest BCUT2D eigenvalue weighted by atomic mass is 79.9. The van der Waals surface area contributed by atoms with E-state index in [1.807, 2.05) is 37.3 Å². The van der Waals surface area contributed by atoms with Crippen LogP contribution in [-0.2, 0) is 6.42 Å². The molecule has 0 aliphatic heterocycles. The summed E-state index contributed by atoms with van der Waals surface area (Å²) in [4.78, 5) is 0. The number of ether oxygens (including phenoxy) is 1. The van der Waals surface area contributed by atoms with Crippen LogP contribution in [0, 0.1) is 5.82 Å². The number of nitrogens with one attached hydrogen (secondary N) is 1. The Morgan fingerprint density at radius 1 is 1.24 bits per heavy atom. The van der Waals surface area contributed by atoms with Gasteiger partial charge in [-0.2, -0.15) is 0 Å². The minimum absolute atomic E-state index is 0.0698. The number of hydrogen-bond acceptors (Lipinski definition) is 2. The van der Waals surface area contributed by atoms with E-state index in [-0.39, 0.29) is 11.9 Å². The van der Waals surface area contributed by atoms with Gasteiger partial charge in [-0.15, -0.1) is 0 Å². The van der Waals surface area contributed by atoms with Crippen molar-refractivity contribution in [1.29, 1.82) is 0 Å². The van der Waals surface area contributed by atoms with Gasteiger partial charge in [0.15, 0.2) is 0 Å². The molecule has 0 amide bonds. The van der Waals surface area contributed by atoms with Crippen LogP contribution in [0.25, 0.3) is 0 Å². The summed E-state index contributed by atoms with van der Waals surface area (Å²) in [5.41, 5.74) is 1.78. The molecule has 112 valence electrons. The van der Waals surface area contributed by atoms with Crippen molar-refractivity contribution >= 4 is 15.9 Å². The molecule has 1 unspecified atom stereocenters. The maximum atomic E-state index is 14.0. The number of hydrogen-bond donors (Lipinski definition) is 1. The zero-order valence-corrected chi connectivity index (χ0v) is 13.8. The zero-order chi connectivity index (χ0) is 15.2. The molecule has 0 radical (unpaired) electrons. The highest BCUT2D eigenvalue weighted by Crippen LogP contribution is 2.28. The van der Waals surface area contributed by atoms with Crippen LogP contribution in [0.1, 0.15) is 24.1 Å². The van der Waals surface area contributed by atoms with Crippen molar-refractivity contribution in [2.24, 2.45) is 0 Å². The van der Waals surface area contributed by atoms with Gasteiger partial charge >= 0.3 is 0 Å². The van der Waals surface area contributed by atoms with Crippen molar-refractivity contribution in [2.45, 2.75) is 19.4 Å². The topological polar surface area (TPSA) is 21.3 Å². The Morgan fingerprint density at radius 3 is 2.67 bits per heavy atom. The Bertz CT molecular complexity index is 603. The molecule has 2 aromatic carbocycles. The SMILES string of the molecule is CCNC(Cc1cc(OC)ccc1Br)c1ccccc1F. The molecule has 0 bridgehead atoms. The first kappa shape index (κ1) is 16.0. The first-order valence-corrected chi connectivity index (χ1v) is 7.75. The number of rotatable bonds is 6. The van der Waals surface area contributed by atoms with Crippen LogP contribution in [0.2, 0.25) is 0 Å².